The van der Waals surface area contributed by atoms with Gasteiger partial charge in [0, 0.05) is 19.2 Å². The van der Waals surface area contributed by atoms with Gasteiger partial charge in [-0.25, -0.2) is 12.7 Å². The van der Waals surface area contributed by atoms with E-state index in [0.29, 0.717) is 19.8 Å². The van der Waals surface area contributed by atoms with Gasteiger partial charge in [0.05, 0.1) is 24.2 Å². The highest BCUT2D eigenvalue weighted by Gasteiger charge is 2.51. The third-order valence-corrected chi connectivity index (χ3v) is 7.50. The molecule has 32 heavy (non-hydrogen) atoms. The summed E-state index contributed by atoms with van der Waals surface area (Å²) in [5.74, 6) is -0.399. The molecule has 1 saturated heterocycles. The standard InChI is InChI=1S/C20H23F3N4O4S/c1-13-3-5-15(6-4-13)32(29,30)27-16(20(21,22)23)7-8-26-18(28)11-17(24-19(26)27)25-9-10-31-12-14(25)2/h3-6,11,14,16H,7-10,12H2,1-2H3/t14-,16?/m1/s1. The van der Waals surface area contributed by atoms with Gasteiger partial charge in [-0.1, -0.05) is 17.7 Å². The fraction of sp³-hybridized carbons (Fsp3) is 0.500. The van der Waals surface area contributed by atoms with Crippen LogP contribution in [0.4, 0.5) is 24.9 Å². The maximum absolute atomic E-state index is 14.0. The number of hydrogen-bond acceptors (Lipinski definition) is 6. The average Bonchev–Trinajstić information content (AvgIpc) is 2.72. The van der Waals surface area contributed by atoms with Crippen molar-refractivity contribution in [3.63, 3.8) is 0 Å². The molecule has 2 atom stereocenters. The van der Waals surface area contributed by atoms with Gasteiger partial charge < -0.3 is 9.64 Å². The zero-order valence-corrected chi connectivity index (χ0v) is 18.4. The number of alkyl halides is 3. The number of aromatic nitrogens is 2. The molecule has 1 aromatic heterocycles. The first-order valence-corrected chi connectivity index (χ1v) is 11.6. The average molecular weight is 472 g/mol. The smallest absolute Gasteiger partial charge is 0.377 e. The van der Waals surface area contributed by atoms with E-state index < -0.39 is 40.2 Å². The lowest BCUT2D eigenvalue weighted by molar-refractivity contribution is -0.149. The van der Waals surface area contributed by atoms with E-state index in [9.17, 15) is 26.4 Å². The molecular formula is C20H23F3N4O4S. The second kappa shape index (κ2) is 8.07. The summed E-state index contributed by atoms with van der Waals surface area (Å²) in [5, 5.41) is 0. The summed E-state index contributed by atoms with van der Waals surface area (Å²) >= 11 is 0. The Kier molecular flexibility index (Phi) is 5.70. The molecule has 0 radical (unpaired) electrons. The van der Waals surface area contributed by atoms with Gasteiger partial charge >= 0.3 is 6.18 Å². The zero-order valence-electron chi connectivity index (χ0n) is 17.5. The topological polar surface area (TPSA) is 84.7 Å². The van der Waals surface area contributed by atoms with Gasteiger partial charge in [-0.15, -0.1) is 0 Å². The molecule has 3 heterocycles. The summed E-state index contributed by atoms with van der Waals surface area (Å²) in [5.41, 5.74) is 0.154. The molecule has 0 N–H and O–H groups in total. The Morgan fingerprint density at radius 2 is 1.84 bits per heavy atom. The Morgan fingerprint density at radius 1 is 1.16 bits per heavy atom. The molecule has 2 aliphatic heterocycles. The molecule has 8 nitrogen and oxygen atoms in total. The molecule has 1 fully saturated rings. The molecular weight excluding hydrogens is 449 g/mol. The van der Waals surface area contributed by atoms with E-state index >= 15 is 0 Å². The Labute approximate surface area is 183 Å². The van der Waals surface area contributed by atoms with Gasteiger partial charge in [0.15, 0.2) is 0 Å². The predicted octanol–water partition coefficient (Wildman–Crippen LogP) is 2.31. The van der Waals surface area contributed by atoms with Crippen molar-refractivity contribution >= 4 is 21.8 Å². The first-order valence-electron chi connectivity index (χ1n) is 10.1. The number of benzene rings is 1. The van der Waals surface area contributed by atoms with Gasteiger partial charge in [-0.3, -0.25) is 9.36 Å². The molecule has 2 aliphatic rings. The number of fused-ring (bicyclic) bond motifs is 1. The highest BCUT2D eigenvalue weighted by atomic mass is 32.2. The molecule has 0 saturated carbocycles. The molecule has 1 aromatic carbocycles. The van der Waals surface area contributed by atoms with Crippen LogP contribution in [-0.2, 0) is 21.3 Å². The van der Waals surface area contributed by atoms with Crippen LogP contribution in [-0.4, -0.2) is 56.0 Å². The molecule has 4 rings (SSSR count). The number of sulfonamides is 1. The minimum absolute atomic E-state index is 0.129. The molecule has 0 amide bonds. The highest BCUT2D eigenvalue weighted by Crippen LogP contribution is 2.38. The number of nitrogens with zero attached hydrogens (tertiary/aromatic N) is 4. The van der Waals surface area contributed by atoms with Crippen molar-refractivity contribution in [2.45, 2.75) is 50.0 Å². The normalized spacial score (nSPS) is 22.0. The molecule has 0 bridgehead atoms. The summed E-state index contributed by atoms with van der Waals surface area (Å²) in [6.07, 6.45) is -5.43. The number of anilines is 2. The van der Waals surface area contributed by atoms with Crippen LogP contribution in [0.25, 0.3) is 0 Å². The van der Waals surface area contributed by atoms with E-state index in [1.54, 1.807) is 11.8 Å². The van der Waals surface area contributed by atoms with E-state index in [1.807, 2.05) is 6.92 Å². The van der Waals surface area contributed by atoms with Crippen molar-refractivity contribution in [2.75, 3.05) is 29.0 Å². The monoisotopic (exact) mass is 472 g/mol. The lowest BCUT2D eigenvalue weighted by Crippen LogP contribution is -2.55. The second-order valence-corrected chi connectivity index (χ2v) is 9.80. The van der Waals surface area contributed by atoms with Crippen molar-refractivity contribution in [2.24, 2.45) is 0 Å². The summed E-state index contributed by atoms with van der Waals surface area (Å²) in [4.78, 5) is 18.5. The fourth-order valence-corrected chi connectivity index (χ4v) is 5.60. The highest BCUT2D eigenvalue weighted by molar-refractivity contribution is 7.92. The van der Waals surface area contributed by atoms with Crippen molar-refractivity contribution in [1.82, 2.24) is 9.55 Å². The zero-order chi connectivity index (χ0) is 23.3. The lowest BCUT2D eigenvalue weighted by Gasteiger charge is -2.39. The van der Waals surface area contributed by atoms with E-state index in [0.717, 1.165) is 10.1 Å². The van der Waals surface area contributed by atoms with Crippen molar-refractivity contribution in [3.8, 4) is 0 Å². The molecule has 0 spiro atoms. The first-order chi connectivity index (χ1) is 15.0. The second-order valence-electron chi connectivity index (χ2n) is 7.98. The molecule has 174 valence electrons. The molecule has 0 aliphatic carbocycles. The molecule has 2 aromatic rings. The van der Waals surface area contributed by atoms with Crippen LogP contribution in [0.15, 0.2) is 40.0 Å². The van der Waals surface area contributed by atoms with Crippen LogP contribution in [0.5, 0.6) is 0 Å². The Morgan fingerprint density at radius 3 is 2.47 bits per heavy atom. The molecule has 12 heteroatoms. The van der Waals surface area contributed by atoms with Crippen LogP contribution in [0.3, 0.4) is 0 Å². The van der Waals surface area contributed by atoms with E-state index in [2.05, 4.69) is 4.98 Å². The lowest BCUT2D eigenvalue weighted by atomic mass is 10.1. The predicted molar refractivity (Wildman–Crippen MR) is 111 cm³/mol. The van der Waals surface area contributed by atoms with Gasteiger partial charge in [0.2, 0.25) is 5.95 Å². The van der Waals surface area contributed by atoms with Crippen LogP contribution in [0, 0.1) is 6.92 Å². The Balaban J connectivity index is 1.91. The van der Waals surface area contributed by atoms with Crippen LogP contribution in [0.2, 0.25) is 0 Å². The van der Waals surface area contributed by atoms with Crippen molar-refractivity contribution in [1.29, 1.82) is 0 Å². The van der Waals surface area contributed by atoms with E-state index in [1.165, 1.54) is 30.3 Å². The van der Waals surface area contributed by atoms with E-state index in [-0.39, 0.29) is 27.6 Å². The minimum atomic E-state index is -4.84. The summed E-state index contributed by atoms with van der Waals surface area (Å²) in [7, 11) is -4.65. The van der Waals surface area contributed by atoms with E-state index in [4.69, 9.17) is 4.74 Å². The minimum Gasteiger partial charge on any atom is -0.377 e. The molecule has 1 unspecified atom stereocenters. The van der Waals surface area contributed by atoms with Crippen molar-refractivity contribution in [3.05, 3.63) is 46.2 Å². The summed E-state index contributed by atoms with van der Waals surface area (Å²) in [6, 6.07) is 4.24. The fourth-order valence-electron chi connectivity index (χ4n) is 3.98. The quantitative estimate of drug-likeness (QED) is 0.682. The maximum Gasteiger partial charge on any atom is 0.410 e. The summed E-state index contributed by atoms with van der Waals surface area (Å²) in [6.45, 7) is 4.38. The number of morpholine rings is 1. The largest absolute Gasteiger partial charge is 0.410 e. The first kappa shape index (κ1) is 22.6. The number of ether oxygens (including phenoxy) is 1. The third-order valence-electron chi connectivity index (χ3n) is 5.70. The van der Waals surface area contributed by atoms with Gasteiger partial charge in [-0.2, -0.15) is 18.2 Å². The van der Waals surface area contributed by atoms with Gasteiger partial charge in [0.25, 0.3) is 15.6 Å². The van der Waals surface area contributed by atoms with Crippen LogP contribution in [0.1, 0.15) is 18.9 Å². The Bertz CT molecular complexity index is 1160. The number of aryl methyl sites for hydroxylation is 1. The maximum atomic E-state index is 14.0. The third kappa shape index (κ3) is 3.96. The van der Waals surface area contributed by atoms with Crippen LogP contribution < -0.4 is 14.8 Å². The Hall–Kier alpha value is -2.60. The van der Waals surface area contributed by atoms with Gasteiger partial charge in [-0.05, 0) is 32.4 Å². The number of hydrogen-bond donors (Lipinski definition) is 0. The number of halogens is 3. The van der Waals surface area contributed by atoms with Crippen LogP contribution >= 0.6 is 0 Å². The summed E-state index contributed by atoms with van der Waals surface area (Å²) < 4.78 is 75.4. The van der Waals surface area contributed by atoms with Crippen molar-refractivity contribution < 1.29 is 26.3 Å². The SMILES string of the molecule is Cc1ccc(S(=O)(=O)N2c3nc(N4CCOC[C@H]4C)cc(=O)n3CCC2C(F)(F)F)cc1. The number of rotatable bonds is 3. The van der Waals surface area contributed by atoms with Gasteiger partial charge in [0.1, 0.15) is 11.9 Å².